The number of allylic oxidation sites excluding steroid dienone is 1. The average molecular weight is 475 g/mol. The maximum atomic E-state index is 12.2. The molecule has 5 atom stereocenters. The van der Waals surface area contributed by atoms with Crippen LogP contribution in [0.4, 0.5) is 5.69 Å². The molecule has 35 heavy (non-hydrogen) atoms. The van der Waals surface area contributed by atoms with Crippen molar-refractivity contribution < 1.29 is 14.6 Å². The summed E-state index contributed by atoms with van der Waals surface area (Å²) in [5.74, 6) is 7.09. The summed E-state index contributed by atoms with van der Waals surface area (Å²) in [4.78, 5) is 16.3. The molecule has 1 heterocycles. The van der Waals surface area contributed by atoms with Crippen LogP contribution in [0.5, 0.6) is 0 Å². The van der Waals surface area contributed by atoms with Crippen LogP contribution in [-0.2, 0) is 9.53 Å². The van der Waals surface area contributed by atoms with Gasteiger partial charge in [-0.25, -0.2) is 0 Å². The number of fused-ring (bicyclic) bond motifs is 4. The lowest BCUT2D eigenvalue weighted by atomic mass is 9.55. The van der Waals surface area contributed by atoms with Crippen molar-refractivity contribution in [3.8, 4) is 11.8 Å². The molecule has 0 amide bonds. The van der Waals surface area contributed by atoms with Gasteiger partial charge in [0.1, 0.15) is 5.60 Å². The van der Waals surface area contributed by atoms with Crippen molar-refractivity contribution in [2.24, 2.45) is 11.3 Å². The summed E-state index contributed by atoms with van der Waals surface area (Å²) >= 11 is 0. The van der Waals surface area contributed by atoms with Gasteiger partial charge in [0.25, 0.3) is 0 Å². The fourth-order valence-corrected chi connectivity index (χ4v) is 6.87. The number of rotatable bonds is 3. The Bertz CT molecular complexity index is 1140. The van der Waals surface area contributed by atoms with E-state index in [2.05, 4.69) is 62.0 Å². The second kappa shape index (κ2) is 8.92. The van der Waals surface area contributed by atoms with Gasteiger partial charge in [-0.2, -0.15) is 0 Å². The highest BCUT2D eigenvalue weighted by atomic mass is 16.5. The van der Waals surface area contributed by atoms with Gasteiger partial charge in [-0.15, -0.1) is 0 Å². The lowest BCUT2D eigenvalue weighted by Crippen LogP contribution is -2.53. The van der Waals surface area contributed by atoms with Crippen molar-refractivity contribution in [3.63, 3.8) is 0 Å². The lowest BCUT2D eigenvalue weighted by Gasteiger charge is -2.53. The first-order valence-electron chi connectivity index (χ1n) is 12.9. The van der Waals surface area contributed by atoms with E-state index in [1.54, 1.807) is 6.08 Å². The Morgan fingerprint density at radius 3 is 2.57 bits per heavy atom. The number of ketones is 1. The molecule has 0 saturated heterocycles. The van der Waals surface area contributed by atoms with Crippen molar-refractivity contribution >= 4 is 11.5 Å². The Morgan fingerprint density at radius 1 is 1.14 bits per heavy atom. The number of benzene rings is 1. The molecule has 4 aliphatic rings. The predicted octanol–water partition coefficient (Wildman–Crippen LogP) is 3.94. The zero-order valence-electron chi connectivity index (χ0n) is 21.7. The Labute approximate surface area is 209 Å². The summed E-state index contributed by atoms with van der Waals surface area (Å²) in [6.07, 6.45) is 5.52. The van der Waals surface area contributed by atoms with E-state index < -0.39 is 5.60 Å². The van der Waals surface area contributed by atoms with Crippen LogP contribution >= 0.6 is 0 Å². The van der Waals surface area contributed by atoms with Crippen LogP contribution in [-0.4, -0.2) is 68.8 Å². The summed E-state index contributed by atoms with van der Waals surface area (Å²) in [6, 6.07) is 8.80. The maximum absolute atomic E-state index is 12.2. The van der Waals surface area contributed by atoms with Gasteiger partial charge in [0.05, 0.1) is 19.3 Å². The third-order valence-electron chi connectivity index (χ3n) is 8.87. The number of aliphatic hydroxyl groups is 1. The molecule has 2 saturated carbocycles. The fourth-order valence-electron chi connectivity index (χ4n) is 6.87. The monoisotopic (exact) mass is 474 g/mol. The van der Waals surface area contributed by atoms with Crippen LogP contribution in [0.1, 0.15) is 50.5 Å². The van der Waals surface area contributed by atoms with E-state index in [1.807, 2.05) is 19.0 Å². The summed E-state index contributed by atoms with van der Waals surface area (Å²) in [5, 5.41) is 12.0. The van der Waals surface area contributed by atoms with Gasteiger partial charge < -0.3 is 14.7 Å². The average Bonchev–Trinajstić information content (AvgIpc) is 3.08. The first kappa shape index (κ1) is 24.3. The van der Waals surface area contributed by atoms with Gasteiger partial charge in [-0.05, 0) is 86.2 Å². The van der Waals surface area contributed by atoms with E-state index in [0.717, 1.165) is 24.8 Å². The SMILES string of the molecule is CN(C)CC#C[C@]1(O)CC[C@H]2[C@@H]3OCC4=CC(=O)CCC4=C3C(c3ccc(N(C)C)cc3)C[C@@]21C. The highest BCUT2D eigenvalue weighted by Gasteiger charge is 2.63. The quantitative estimate of drug-likeness (QED) is 0.673. The molecule has 0 radical (unpaired) electrons. The van der Waals surface area contributed by atoms with E-state index in [9.17, 15) is 9.90 Å². The first-order chi connectivity index (χ1) is 16.6. The second-order valence-corrected chi connectivity index (χ2v) is 11.5. The van der Waals surface area contributed by atoms with E-state index in [4.69, 9.17) is 4.74 Å². The number of hydrogen-bond donors (Lipinski definition) is 1. The molecular formula is C30H38N2O3. The minimum Gasteiger partial charge on any atom is -0.378 e. The fraction of sp³-hybridized carbons (Fsp3) is 0.567. The minimum atomic E-state index is -1.03. The standard InChI is InChI=1S/C30H38N2O3/c1-29-18-25(20-7-9-22(10-8-20)32(4)5)27-24-12-11-23(33)17-21(24)19-35-28(27)26(29)13-15-30(29,34)14-6-16-31(2)3/h7-10,17,25-26,28,34H,11-13,15-16,18-19H2,1-5H3/t25?,26-,28-,29-,30-/m0/s1. The van der Waals surface area contributed by atoms with Gasteiger partial charge in [-0.1, -0.05) is 30.9 Å². The second-order valence-electron chi connectivity index (χ2n) is 11.5. The van der Waals surface area contributed by atoms with Crippen molar-refractivity contribution in [3.05, 3.63) is 52.6 Å². The molecule has 0 bridgehead atoms. The largest absolute Gasteiger partial charge is 0.378 e. The number of carbonyl (C=O) groups is 1. The van der Waals surface area contributed by atoms with Crippen molar-refractivity contribution in [2.45, 2.75) is 56.7 Å². The van der Waals surface area contributed by atoms with Crippen LogP contribution < -0.4 is 4.90 Å². The Balaban J connectivity index is 1.62. The Morgan fingerprint density at radius 2 is 1.89 bits per heavy atom. The Kier molecular flexibility index (Phi) is 6.20. The zero-order chi connectivity index (χ0) is 25.0. The topological polar surface area (TPSA) is 53.0 Å². The predicted molar refractivity (Wildman–Crippen MR) is 139 cm³/mol. The van der Waals surface area contributed by atoms with E-state index >= 15 is 0 Å². The molecule has 1 unspecified atom stereocenters. The summed E-state index contributed by atoms with van der Waals surface area (Å²) < 4.78 is 6.57. The van der Waals surface area contributed by atoms with Gasteiger partial charge >= 0.3 is 0 Å². The van der Waals surface area contributed by atoms with Crippen LogP contribution in [0.15, 0.2) is 47.1 Å². The minimum absolute atomic E-state index is 0.0442. The zero-order valence-corrected chi connectivity index (χ0v) is 21.7. The van der Waals surface area contributed by atoms with E-state index in [1.165, 1.54) is 22.4 Å². The summed E-state index contributed by atoms with van der Waals surface area (Å²) in [6.45, 7) is 3.35. The van der Waals surface area contributed by atoms with Crippen LogP contribution in [0.2, 0.25) is 0 Å². The number of ether oxygens (including phenoxy) is 1. The van der Waals surface area contributed by atoms with Crippen LogP contribution in [0.25, 0.3) is 0 Å². The number of hydrogen-bond acceptors (Lipinski definition) is 5. The van der Waals surface area contributed by atoms with E-state index in [-0.39, 0.29) is 29.1 Å². The normalized spacial score (nSPS) is 34.0. The van der Waals surface area contributed by atoms with Crippen molar-refractivity contribution in [1.29, 1.82) is 0 Å². The van der Waals surface area contributed by atoms with Gasteiger partial charge in [0, 0.05) is 37.5 Å². The smallest absolute Gasteiger partial charge is 0.156 e. The molecule has 0 spiro atoms. The molecule has 5 rings (SSSR count). The van der Waals surface area contributed by atoms with E-state index in [0.29, 0.717) is 26.0 Å². The third-order valence-corrected chi connectivity index (χ3v) is 8.87. The highest BCUT2D eigenvalue weighted by Crippen LogP contribution is 2.64. The number of anilines is 1. The molecule has 186 valence electrons. The third kappa shape index (κ3) is 4.06. The molecule has 1 aromatic carbocycles. The molecule has 1 aliphatic heterocycles. The molecular weight excluding hydrogens is 436 g/mol. The molecule has 0 aromatic heterocycles. The van der Waals surface area contributed by atoms with Crippen molar-refractivity contribution in [1.82, 2.24) is 4.90 Å². The highest BCUT2D eigenvalue weighted by molar-refractivity contribution is 5.93. The molecule has 5 nitrogen and oxygen atoms in total. The molecule has 2 fully saturated rings. The molecule has 5 heteroatoms. The van der Waals surface area contributed by atoms with Gasteiger partial charge in [0.15, 0.2) is 5.78 Å². The van der Waals surface area contributed by atoms with Crippen LogP contribution in [0.3, 0.4) is 0 Å². The Hall–Kier alpha value is -2.39. The maximum Gasteiger partial charge on any atom is 0.156 e. The number of nitrogens with zero attached hydrogens (tertiary/aromatic N) is 2. The van der Waals surface area contributed by atoms with Gasteiger partial charge in [0.2, 0.25) is 0 Å². The summed E-state index contributed by atoms with van der Waals surface area (Å²) in [7, 11) is 8.11. The molecule has 3 aliphatic carbocycles. The van der Waals surface area contributed by atoms with Crippen LogP contribution in [0, 0.1) is 23.2 Å². The molecule has 1 N–H and O–H groups in total. The summed E-state index contributed by atoms with van der Waals surface area (Å²) in [5.41, 5.74) is 4.74. The first-order valence-corrected chi connectivity index (χ1v) is 12.9. The number of carbonyl (C=O) groups excluding carboxylic acids is 1. The van der Waals surface area contributed by atoms with Crippen molar-refractivity contribution in [2.75, 3.05) is 46.2 Å². The van der Waals surface area contributed by atoms with Gasteiger partial charge in [-0.3, -0.25) is 9.69 Å². The molecule has 1 aromatic rings. The lowest BCUT2D eigenvalue weighted by molar-refractivity contribution is -0.115.